The number of nitrogens with two attached hydrogens (primary N) is 1. The zero-order valence-electron chi connectivity index (χ0n) is 12.9. The molecule has 0 saturated heterocycles. The van der Waals surface area contributed by atoms with Gasteiger partial charge in [-0.25, -0.2) is 13.6 Å². The summed E-state index contributed by atoms with van der Waals surface area (Å²) in [4.78, 5) is 0.106. The fourth-order valence-corrected chi connectivity index (χ4v) is 5.33. The van der Waals surface area contributed by atoms with Crippen LogP contribution in [0.4, 0.5) is 0 Å². The van der Waals surface area contributed by atoms with Crippen LogP contribution in [0.2, 0.25) is 13.1 Å². The van der Waals surface area contributed by atoms with Crippen molar-refractivity contribution >= 4 is 29.2 Å². The first-order valence-electron chi connectivity index (χ1n) is 7.16. The van der Waals surface area contributed by atoms with Gasteiger partial charge in [-0.2, -0.15) is 0 Å². The van der Waals surface area contributed by atoms with Gasteiger partial charge < -0.3 is 4.53 Å². The van der Waals surface area contributed by atoms with Gasteiger partial charge in [-0.15, -0.1) is 0 Å². The molecule has 120 valence electrons. The van der Waals surface area contributed by atoms with Gasteiger partial charge in [0.2, 0.25) is 10.0 Å². The Labute approximate surface area is 136 Å². The summed E-state index contributed by atoms with van der Waals surface area (Å²) in [6, 6.07) is 16.6. The minimum Gasteiger partial charge on any atom is -0.317 e. The van der Waals surface area contributed by atoms with Crippen LogP contribution in [0, 0.1) is 0 Å². The van der Waals surface area contributed by atoms with Crippen LogP contribution in [0.15, 0.2) is 59.5 Å². The number of nitrogens with one attached hydrogen (secondary N) is 1. The first kappa shape index (κ1) is 15.9. The van der Waals surface area contributed by atoms with Crippen LogP contribution in [-0.4, -0.2) is 16.7 Å². The molecule has 0 atom stereocenters. The summed E-state index contributed by atoms with van der Waals surface area (Å²) >= 11 is 0. The minimum atomic E-state index is -3.69. The van der Waals surface area contributed by atoms with Gasteiger partial charge in [0.25, 0.3) is 8.32 Å². The highest BCUT2D eigenvalue weighted by Crippen LogP contribution is 2.37. The summed E-state index contributed by atoms with van der Waals surface area (Å²) in [7, 11) is -5.82. The molecule has 5 nitrogen and oxygen atoms in total. The molecule has 0 aromatic heterocycles. The second-order valence-corrected chi connectivity index (χ2v) is 11.2. The Morgan fingerprint density at radius 3 is 2.13 bits per heavy atom. The molecule has 7 heteroatoms. The Hall–Kier alpha value is -1.93. The lowest BCUT2D eigenvalue weighted by Crippen LogP contribution is -2.30. The van der Waals surface area contributed by atoms with Crippen LogP contribution in [0.5, 0.6) is 0 Å². The largest absolute Gasteiger partial charge is 0.317 e. The second kappa shape index (κ2) is 5.61. The molecule has 3 rings (SSSR count). The van der Waals surface area contributed by atoms with Crippen molar-refractivity contribution in [3.8, 4) is 0 Å². The van der Waals surface area contributed by atoms with Gasteiger partial charge in [0, 0.05) is 5.20 Å². The van der Waals surface area contributed by atoms with Crippen LogP contribution in [0.1, 0.15) is 11.1 Å². The summed E-state index contributed by atoms with van der Waals surface area (Å²) in [5.74, 6) is 0. The fraction of sp³-hybridized carbons (Fsp3) is 0.125. The van der Waals surface area contributed by atoms with Gasteiger partial charge in [0.05, 0.1) is 10.6 Å². The van der Waals surface area contributed by atoms with E-state index in [4.69, 9.17) is 9.67 Å². The van der Waals surface area contributed by atoms with Gasteiger partial charge >= 0.3 is 0 Å². The lowest BCUT2D eigenvalue weighted by molar-refractivity contribution is 0.260. The van der Waals surface area contributed by atoms with E-state index < -0.39 is 18.3 Å². The summed E-state index contributed by atoms with van der Waals surface area (Å²) in [5.41, 5.74) is 5.97. The van der Waals surface area contributed by atoms with E-state index in [1.165, 1.54) is 12.1 Å². The number of hydroxylamine groups is 1. The van der Waals surface area contributed by atoms with E-state index in [0.717, 1.165) is 22.0 Å². The monoisotopic (exact) mass is 346 g/mol. The average molecular weight is 346 g/mol. The molecule has 0 aliphatic carbocycles. The molecule has 23 heavy (non-hydrogen) atoms. The third-order valence-corrected chi connectivity index (χ3v) is 7.08. The Kier molecular flexibility index (Phi) is 3.89. The van der Waals surface area contributed by atoms with E-state index in [1.54, 1.807) is 12.1 Å². The van der Waals surface area contributed by atoms with Gasteiger partial charge in [0.1, 0.15) is 0 Å². The summed E-state index contributed by atoms with van der Waals surface area (Å²) in [6.45, 7) is 4.19. The lowest BCUT2D eigenvalue weighted by atomic mass is 10.1. The van der Waals surface area contributed by atoms with Crippen molar-refractivity contribution in [2.45, 2.75) is 18.0 Å². The van der Waals surface area contributed by atoms with Crippen LogP contribution < -0.4 is 10.6 Å². The predicted octanol–water partition coefficient (Wildman–Crippen LogP) is 2.48. The number of hydrogen-bond acceptors (Lipinski definition) is 4. The maximum Gasteiger partial charge on any atom is 0.256 e. The molecule has 0 radical (unpaired) electrons. The highest BCUT2D eigenvalue weighted by molar-refractivity contribution is 7.89. The predicted molar refractivity (Wildman–Crippen MR) is 92.8 cm³/mol. The SMILES string of the molecule is C[Si]1(C)ONC(c2ccccc2)=C1c1ccc(S(N)(=O)=O)cc1. The summed E-state index contributed by atoms with van der Waals surface area (Å²) in [5, 5.41) is 6.27. The van der Waals surface area contributed by atoms with Crippen molar-refractivity contribution in [3.63, 3.8) is 0 Å². The summed E-state index contributed by atoms with van der Waals surface area (Å²) < 4.78 is 28.7. The van der Waals surface area contributed by atoms with Crippen LogP contribution in [0.25, 0.3) is 10.9 Å². The molecule has 0 spiro atoms. The van der Waals surface area contributed by atoms with E-state index in [0.29, 0.717) is 0 Å². The molecule has 2 aromatic rings. The van der Waals surface area contributed by atoms with Crippen molar-refractivity contribution < 1.29 is 12.9 Å². The summed E-state index contributed by atoms with van der Waals surface area (Å²) in [6.07, 6.45) is 0. The quantitative estimate of drug-likeness (QED) is 0.837. The van der Waals surface area contributed by atoms with Crippen molar-refractivity contribution in [1.29, 1.82) is 0 Å². The van der Waals surface area contributed by atoms with Crippen molar-refractivity contribution in [2.24, 2.45) is 5.14 Å². The highest BCUT2D eigenvalue weighted by atomic mass is 32.2. The second-order valence-electron chi connectivity index (χ2n) is 5.90. The molecule has 1 aliphatic heterocycles. The van der Waals surface area contributed by atoms with E-state index in [-0.39, 0.29) is 4.90 Å². The Bertz CT molecular complexity index is 860. The van der Waals surface area contributed by atoms with Crippen molar-refractivity contribution in [1.82, 2.24) is 5.48 Å². The zero-order chi connectivity index (χ0) is 16.7. The normalized spacial score (nSPS) is 17.2. The number of primary sulfonamides is 1. The number of hydrogen-bond donors (Lipinski definition) is 2. The van der Waals surface area contributed by atoms with Crippen LogP contribution in [-0.2, 0) is 14.6 Å². The van der Waals surface area contributed by atoms with Gasteiger partial charge in [0.15, 0.2) is 0 Å². The smallest absolute Gasteiger partial charge is 0.256 e. The molecule has 0 fully saturated rings. The fourth-order valence-electron chi connectivity index (χ4n) is 2.69. The zero-order valence-corrected chi connectivity index (χ0v) is 14.7. The molecule has 0 saturated carbocycles. The van der Waals surface area contributed by atoms with E-state index in [2.05, 4.69) is 18.6 Å². The standard InChI is InChI=1S/C16H18N2O3SSi/c1-23(2)16(13-8-10-14(11-9-13)22(17,19)20)15(18-21-23)12-6-4-3-5-7-12/h3-11,18H,1-2H3,(H2,17,19,20). The molecular weight excluding hydrogens is 328 g/mol. The van der Waals surface area contributed by atoms with E-state index >= 15 is 0 Å². The molecule has 3 N–H and O–H groups in total. The van der Waals surface area contributed by atoms with Crippen LogP contribution in [0.3, 0.4) is 0 Å². The third kappa shape index (κ3) is 3.09. The average Bonchev–Trinajstić information content (AvgIpc) is 2.83. The Balaban J connectivity index is 2.13. The van der Waals surface area contributed by atoms with E-state index in [1.807, 2.05) is 30.3 Å². The topological polar surface area (TPSA) is 81.4 Å². The molecule has 0 unspecified atom stereocenters. The molecule has 2 aromatic carbocycles. The van der Waals surface area contributed by atoms with Gasteiger partial charge in [-0.05, 0) is 36.4 Å². The number of sulfonamides is 1. The third-order valence-electron chi connectivity index (χ3n) is 3.79. The van der Waals surface area contributed by atoms with E-state index in [9.17, 15) is 8.42 Å². The van der Waals surface area contributed by atoms with Crippen LogP contribution >= 0.6 is 0 Å². The highest BCUT2D eigenvalue weighted by Gasteiger charge is 2.39. The number of rotatable bonds is 3. The lowest BCUT2D eigenvalue weighted by Gasteiger charge is -2.17. The first-order chi connectivity index (χ1) is 10.8. The number of benzene rings is 2. The van der Waals surface area contributed by atoms with Crippen molar-refractivity contribution in [2.75, 3.05) is 0 Å². The molecular formula is C16H18N2O3SSi. The molecule has 1 heterocycles. The molecule has 1 aliphatic rings. The maximum atomic E-state index is 11.4. The van der Waals surface area contributed by atoms with Crippen molar-refractivity contribution in [3.05, 3.63) is 65.7 Å². The minimum absolute atomic E-state index is 0.106. The molecule has 0 amide bonds. The first-order valence-corrected chi connectivity index (χ1v) is 11.6. The Morgan fingerprint density at radius 1 is 0.957 bits per heavy atom. The van der Waals surface area contributed by atoms with Gasteiger partial charge in [-0.3, -0.25) is 5.48 Å². The molecule has 0 bridgehead atoms. The van der Waals surface area contributed by atoms with Gasteiger partial charge in [-0.1, -0.05) is 42.5 Å². The Morgan fingerprint density at radius 2 is 1.57 bits per heavy atom. The maximum absolute atomic E-state index is 11.4.